The zero-order valence-corrected chi connectivity index (χ0v) is 22.1. The fraction of sp³-hybridized carbons (Fsp3) is 0.296. The lowest BCUT2D eigenvalue weighted by atomic mass is 10.1. The van der Waals surface area contributed by atoms with Crippen LogP contribution in [-0.2, 0) is 14.8 Å². The number of likely N-dealkylation sites (N-methyl/N-ethyl adjacent to an activating group) is 1. The van der Waals surface area contributed by atoms with E-state index in [9.17, 15) is 13.2 Å². The van der Waals surface area contributed by atoms with Crippen molar-refractivity contribution in [3.63, 3.8) is 0 Å². The summed E-state index contributed by atoms with van der Waals surface area (Å²) in [7, 11) is 0.757. The molecule has 0 aromatic heterocycles. The van der Waals surface area contributed by atoms with Gasteiger partial charge in [-0.2, -0.15) is 0 Å². The predicted octanol–water partition coefficient (Wildman–Crippen LogP) is 3.77. The summed E-state index contributed by atoms with van der Waals surface area (Å²) in [5, 5.41) is 2.85. The minimum Gasteiger partial charge on any atom is -0.493 e. The summed E-state index contributed by atoms with van der Waals surface area (Å²) in [5.74, 6) is 0.293. The first-order valence-corrected chi connectivity index (χ1v) is 13.0. The summed E-state index contributed by atoms with van der Waals surface area (Å²) in [4.78, 5) is 14.9. The number of ether oxygens (including phenoxy) is 2. The van der Waals surface area contributed by atoms with Crippen molar-refractivity contribution >= 4 is 27.3 Å². The minimum absolute atomic E-state index is 0.00378. The minimum atomic E-state index is -4.10. The Labute approximate surface area is 213 Å². The molecule has 0 spiro atoms. The molecule has 1 N–H and O–H groups in total. The first-order chi connectivity index (χ1) is 17.1. The van der Waals surface area contributed by atoms with Crippen LogP contribution in [0, 0.1) is 13.8 Å². The maximum Gasteiger partial charge on any atom is 0.264 e. The molecule has 0 saturated carbocycles. The third kappa shape index (κ3) is 6.48. The van der Waals surface area contributed by atoms with Gasteiger partial charge in [0.1, 0.15) is 6.54 Å². The fourth-order valence-electron chi connectivity index (χ4n) is 3.87. The molecule has 8 nitrogen and oxygen atoms in total. The van der Waals surface area contributed by atoms with Gasteiger partial charge in [0.2, 0.25) is 5.91 Å². The van der Waals surface area contributed by atoms with Crippen molar-refractivity contribution in [3.8, 4) is 11.5 Å². The van der Waals surface area contributed by atoms with E-state index in [4.69, 9.17) is 9.47 Å². The van der Waals surface area contributed by atoms with Gasteiger partial charge in [0.05, 0.1) is 24.8 Å². The Balaban J connectivity index is 1.84. The number of para-hydroxylation sites is 1. The third-order valence-electron chi connectivity index (χ3n) is 5.69. The summed E-state index contributed by atoms with van der Waals surface area (Å²) < 4.78 is 39.2. The molecule has 192 valence electrons. The number of sulfonamides is 1. The Morgan fingerprint density at radius 3 is 2.11 bits per heavy atom. The SMILES string of the molecule is COc1ccc(S(=O)(=O)N(CC(=O)NCCN(C)c2ccccc2)c2cc(C)cc(C)c2)cc1OC. The number of benzene rings is 3. The van der Waals surface area contributed by atoms with E-state index in [1.54, 1.807) is 12.1 Å². The van der Waals surface area contributed by atoms with Crippen LogP contribution >= 0.6 is 0 Å². The monoisotopic (exact) mass is 511 g/mol. The number of amides is 1. The number of methoxy groups -OCH3 is 2. The van der Waals surface area contributed by atoms with E-state index in [0.29, 0.717) is 24.5 Å². The molecule has 0 aliphatic rings. The molecule has 0 saturated heterocycles. The lowest BCUT2D eigenvalue weighted by Gasteiger charge is -2.26. The quantitative estimate of drug-likeness (QED) is 0.422. The maximum atomic E-state index is 13.8. The van der Waals surface area contributed by atoms with Crippen LogP contribution in [0.25, 0.3) is 0 Å². The number of nitrogens with one attached hydrogen (secondary N) is 1. The van der Waals surface area contributed by atoms with Crippen LogP contribution in [0.15, 0.2) is 71.6 Å². The summed E-state index contributed by atoms with van der Waals surface area (Å²) in [6.45, 7) is 4.34. The van der Waals surface area contributed by atoms with Crippen LogP contribution in [0.3, 0.4) is 0 Å². The zero-order chi connectivity index (χ0) is 26.3. The molecule has 0 heterocycles. The van der Waals surface area contributed by atoms with Gasteiger partial charge in [-0.25, -0.2) is 8.42 Å². The number of nitrogens with zero attached hydrogens (tertiary/aromatic N) is 2. The molecular weight excluding hydrogens is 478 g/mol. The van der Waals surface area contributed by atoms with Crippen molar-refractivity contribution in [1.29, 1.82) is 0 Å². The van der Waals surface area contributed by atoms with Gasteiger partial charge in [-0.05, 0) is 61.4 Å². The maximum absolute atomic E-state index is 13.8. The highest BCUT2D eigenvalue weighted by atomic mass is 32.2. The smallest absolute Gasteiger partial charge is 0.264 e. The molecule has 3 rings (SSSR count). The lowest BCUT2D eigenvalue weighted by Crippen LogP contribution is -2.42. The van der Waals surface area contributed by atoms with Gasteiger partial charge in [0.25, 0.3) is 10.0 Å². The van der Waals surface area contributed by atoms with Crippen molar-refractivity contribution in [2.24, 2.45) is 0 Å². The molecule has 3 aromatic carbocycles. The molecule has 1 amide bonds. The van der Waals surface area contributed by atoms with E-state index in [1.807, 2.05) is 62.2 Å². The first-order valence-electron chi connectivity index (χ1n) is 11.5. The summed E-state index contributed by atoms with van der Waals surface area (Å²) in [6, 6.07) is 19.6. The average Bonchev–Trinajstić information content (AvgIpc) is 2.86. The number of hydrogen-bond donors (Lipinski definition) is 1. The average molecular weight is 512 g/mol. The third-order valence-corrected chi connectivity index (χ3v) is 7.46. The molecule has 0 fully saturated rings. The summed E-state index contributed by atoms with van der Waals surface area (Å²) >= 11 is 0. The molecule has 0 aliphatic carbocycles. The molecule has 0 unspecified atom stereocenters. The Bertz CT molecular complexity index is 1280. The van der Waals surface area contributed by atoms with Gasteiger partial charge >= 0.3 is 0 Å². The van der Waals surface area contributed by atoms with Crippen LogP contribution in [0.1, 0.15) is 11.1 Å². The number of carbonyl (C=O) groups excluding carboxylic acids is 1. The van der Waals surface area contributed by atoms with E-state index in [1.165, 1.54) is 32.4 Å². The number of aryl methyl sites for hydroxylation is 2. The number of rotatable bonds is 11. The Morgan fingerprint density at radius 2 is 1.50 bits per heavy atom. The van der Waals surface area contributed by atoms with E-state index in [0.717, 1.165) is 21.1 Å². The van der Waals surface area contributed by atoms with Crippen LogP contribution in [0.4, 0.5) is 11.4 Å². The molecule has 9 heteroatoms. The van der Waals surface area contributed by atoms with Crippen molar-refractivity contribution in [2.45, 2.75) is 18.7 Å². The van der Waals surface area contributed by atoms with Gasteiger partial charge in [0, 0.05) is 31.9 Å². The second kappa shape index (κ2) is 11.8. The van der Waals surface area contributed by atoms with Gasteiger partial charge in [-0.1, -0.05) is 24.3 Å². The van der Waals surface area contributed by atoms with E-state index in [-0.39, 0.29) is 17.2 Å². The fourth-order valence-corrected chi connectivity index (χ4v) is 5.30. The van der Waals surface area contributed by atoms with Gasteiger partial charge in [-0.3, -0.25) is 9.10 Å². The van der Waals surface area contributed by atoms with Crippen LogP contribution in [0.2, 0.25) is 0 Å². The topological polar surface area (TPSA) is 88.2 Å². The normalized spacial score (nSPS) is 11.0. The van der Waals surface area contributed by atoms with Gasteiger partial charge < -0.3 is 19.7 Å². The van der Waals surface area contributed by atoms with Crippen LogP contribution < -0.4 is 24.0 Å². The van der Waals surface area contributed by atoms with Crippen molar-refractivity contribution < 1.29 is 22.7 Å². The standard InChI is InChI=1S/C27H33N3O5S/c1-20-15-21(2)17-23(16-20)30(36(32,33)24-11-12-25(34-4)26(18-24)35-5)19-27(31)28-13-14-29(3)22-9-7-6-8-10-22/h6-12,15-18H,13-14,19H2,1-5H3,(H,28,31). The summed E-state index contributed by atoms with van der Waals surface area (Å²) in [6.07, 6.45) is 0. The lowest BCUT2D eigenvalue weighted by molar-refractivity contribution is -0.119. The summed E-state index contributed by atoms with van der Waals surface area (Å²) in [5.41, 5.74) is 3.23. The molecule has 0 atom stereocenters. The van der Waals surface area contributed by atoms with Crippen molar-refractivity contribution in [3.05, 3.63) is 77.9 Å². The van der Waals surface area contributed by atoms with Crippen LogP contribution in [0.5, 0.6) is 11.5 Å². The van der Waals surface area contributed by atoms with Crippen molar-refractivity contribution in [1.82, 2.24) is 5.32 Å². The number of anilines is 2. The second-order valence-corrected chi connectivity index (χ2v) is 10.3. The molecule has 3 aromatic rings. The Kier molecular flexibility index (Phi) is 8.82. The van der Waals surface area contributed by atoms with E-state index < -0.39 is 15.9 Å². The van der Waals surface area contributed by atoms with Gasteiger partial charge in [-0.15, -0.1) is 0 Å². The van der Waals surface area contributed by atoms with Gasteiger partial charge in [0.15, 0.2) is 11.5 Å². The largest absolute Gasteiger partial charge is 0.493 e. The number of carbonyl (C=O) groups is 1. The van der Waals surface area contributed by atoms with E-state index >= 15 is 0 Å². The molecular formula is C27H33N3O5S. The second-order valence-electron chi connectivity index (χ2n) is 8.48. The molecule has 0 aliphatic heterocycles. The number of hydrogen-bond acceptors (Lipinski definition) is 6. The molecule has 36 heavy (non-hydrogen) atoms. The molecule has 0 radical (unpaired) electrons. The van der Waals surface area contributed by atoms with Crippen LogP contribution in [-0.4, -0.2) is 55.2 Å². The highest BCUT2D eigenvalue weighted by molar-refractivity contribution is 7.92. The van der Waals surface area contributed by atoms with E-state index in [2.05, 4.69) is 5.32 Å². The predicted molar refractivity (Wildman–Crippen MR) is 143 cm³/mol. The zero-order valence-electron chi connectivity index (χ0n) is 21.3. The van der Waals surface area contributed by atoms with Crippen molar-refractivity contribution in [2.75, 3.05) is 50.1 Å². The highest BCUT2D eigenvalue weighted by Gasteiger charge is 2.28. The Hall–Kier alpha value is -3.72. The molecule has 0 bridgehead atoms. The highest BCUT2D eigenvalue weighted by Crippen LogP contribution is 2.32. The Morgan fingerprint density at radius 1 is 0.861 bits per heavy atom. The first kappa shape index (κ1) is 26.9.